The second kappa shape index (κ2) is 8.61. The van der Waals surface area contributed by atoms with E-state index in [4.69, 9.17) is 21.4 Å². The van der Waals surface area contributed by atoms with Crippen molar-refractivity contribution in [1.82, 2.24) is 14.8 Å². The van der Waals surface area contributed by atoms with E-state index in [0.29, 0.717) is 16.7 Å². The molecule has 2 heterocycles. The summed E-state index contributed by atoms with van der Waals surface area (Å²) in [4.78, 5) is 0. The zero-order valence-electron chi connectivity index (χ0n) is 15.7. The van der Waals surface area contributed by atoms with Crippen molar-refractivity contribution in [1.29, 1.82) is 0 Å². The molecule has 29 heavy (non-hydrogen) atoms. The van der Waals surface area contributed by atoms with Gasteiger partial charge in [0.25, 0.3) is 0 Å². The molecule has 0 saturated heterocycles. The molecule has 0 saturated carbocycles. The number of benzene rings is 2. The summed E-state index contributed by atoms with van der Waals surface area (Å²) in [6.45, 7) is 1.98. The summed E-state index contributed by atoms with van der Waals surface area (Å²) in [5.74, 6) is 3.17. The van der Waals surface area contributed by atoms with Crippen LogP contribution in [0.1, 0.15) is 23.0 Å². The fourth-order valence-electron chi connectivity index (χ4n) is 3.30. The number of hydrogen-bond acceptors (Lipinski definition) is 6. The molecule has 1 aliphatic heterocycles. The molecule has 0 aliphatic carbocycles. The van der Waals surface area contributed by atoms with E-state index in [1.54, 1.807) is 36.0 Å². The monoisotopic (exact) mass is 434 g/mol. The molecule has 0 fully saturated rings. The largest absolute Gasteiger partial charge is 0.490 e. The van der Waals surface area contributed by atoms with Crippen LogP contribution >= 0.6 is 23.4 Å². The number of hydrogen-bond donors (Lipinski definition) is 2. The number of fused-ring (bicyclic) bond motifs is 1. The molecule has 0 spiro atoms. The Balaban J connectivity index is 1.69. The molecule has 2 N–H and O–H groups in total. The zero-order chi connectivity index (χ0) is 20.4. The second-order valence-corrected chi connectivity index (χ2v) is 8.13. The first-order valence-corrected chi connectivity index (χ1v) is 10.7. The molecule has 152 valence electrons. The Labute approximate surface area is 177 Å². The predicted octanol–water partition coefficient (Wildman–Crippen LogP) is 4.33. The topological polar surface area (TPSA) is 72.2 Å². The van der Waals surface area contributed by atoms with Crippen LogP contribution in [-0.2, 0) is 5.75 Å². The highest BCUT2D eigenvalue weighted by atomic mass is 35.5. The molecule has 0 amide bonds. The predicted molar refractivity (Wildman–Crippen MR) is 113 cm³/mol. The van der Waals surface area contributed by atoms with Gasteiger partial charge in [-0.15, -0.1) is 10.2 Å². The first-order valence-electron chi connectivity index (χ1n) is 9.14. The van der Waals surface area contributed by atoms with Gasteiger partial charge in [0.2, 0.25) is 5.95 Å². The van der Waals surface area contributed by atoms with Gasteiger partial charge in [-0.25, -0.2) is 4.39 Å². The fraction of sp³-hybridized carbons (Fsp3) is 0.300. The van der Waals surface area contributed by atoms with E-state index < -0.39 is 0 Å². The van der Waals surface area contributed by atoms with Gasteiger partial charge in [0.05, 0.1) is 23.4 Å². The maximum atomic E-state index is 13.8. The second-order valence-electron chi connectivity index (χ2n) is 6.69. The Kier molecular flexibility index (Phi) is 5.94. The third-order valence-corrected chi connectivity index (χ3v) is 6.00. The van der Waals surface area contributed by atoms with Crippen molar-refractivity contribution in [3.63, 3.8) is 0 Å². The van der Waals surface area contributed by atoms with Gasteiger partial charge in [0.15, 0.2) is 0 Å². The number of aliphatic hydroxyl groups excluding tert-OH is 1. The van der Waals surface area contributed by atoms with Crippen LogP contribution in [0.3, 0.4) is 0 Å². The number of aliphatic hydroxyl groups is 1. The number of thioether (sulfide) groups is 1. The van der Waals surface area contributed by atoms with Crippen molar-refractivity contribution < 1.29 is 14.2 Å². The highest BCUT2D eigenvalue weighted by Crippen LogP contribution is 2.37. The highest BCUT2D eigenvalue weighted by molar-refractivity contribution is 7.98. The normalized spacial score (nSPS) is 15.8. The smallest absolute Gasteiger partial charge is 0.229 e. The minimum atomic E-state index is -0.263. The maximum Gasteiger partial charge on any atom is 0.229 e. The van der Waals surface area contributed by atoms with Gasteiger partial charge in [-0.3, -0.25) is 4.57 Å². The van der Waals surface area contributed by atoms with Crippen molar-refractivity contribution in [3.05, 3.63) is 64.2 Å². The van der Waals surface area contributed by atoms with Crippen molar-refractivity contribution in [2.24, 2.45) is 0 Å². The van der Waals surface area contributed by atoms with Crippen molar-refractivity contribution in [2.75, 3.05) is 24.3 Å². The summed E-state index contributed by atoms with van der Waals surface area (Å²) >= 11 is 7.99. The lowest BCUT2D eigenvalue weighted by Crippen LogP contribution is -2.21. The molecule has 1 aliphatic rings. The molecule has 0 unspecified atom stereocenters. The number of aryl methyl sites for hydroxylation is 1. The number of ether oxygens (including phenoxy) is 1. The molecule has 0 radical (unpaired) electrons. The number of nitrogens with zero attached hydrogens (tertiary/aromatic N) is 3. The van der Waals surface area contributed by atoms with E-state index >= 15 is 0 Å². The molecule has 3 aromatic rings. The average Bonchev–Trinajstić information content (AvgIpc) is 3.12. The molecular weight excluding hydrogens is 415 g/mol. The summed E-state index contributed by atoms with van der Waals surface area (Å²) in [7, 11) is 0. The first-order chi connectivity index (χ1) is 14.1. The Morgan fingerprint density at radius 3 is 3.00 bits per heavy atom. The van der Waals surface area contributed by atoms with E-state index in [1.807, 2.05) is 17.6 Å². The Morgan fingerprint density at radius 1 is 1.34 bits per heavy atom. The number of nitrogens with one attached hydrogen (secondary N) is 1. The fourth-order valence-corrected chi connectivity index (χ4v) is 4.64. The zero-order valence-corrected chi connectivity index (χ0v) is 17.3. The summed E-state index contributed by atoms with van der Waals surface area (Å²) in [6, 6.07) is 10.1. The highest BCUT2D eigenvalue weighted by Gasteiger charge is 2.27. The van der Waals surface area contributed by atoms with Crippen LogP contribution in [0.15, 0.2) is 36.4 Å². The van der Waals surface area contributed by atoms with Crippen molar-refractivity contribution >= 4 is 35.0 Å². The van der Waals surface area contributed by atoms with Crippen molar-refractivity contribution in [3.8, 4) is 5.75 Å². The third kappa shape index (κ3) is 4.19. The number of anilines is 2. The van der Waals surface area contributed by atoms with Gasteiger partial charge < -0.3 is 15.2 Å². The van der Waals surface area contributed by atoms with Gasteiger partial charge >= 0.3 is 0 Å². The lowest BCUT2D eigenvalue weighted by atomic mass is 10.1. The summed E-state index contributed by atoms with van der Waals surface area (Å²) in [6.07, 6.45) is 0. The van der Waals surface area contributed by atoms with E-state index in [0.717, 1.165) is 34.1 Å². The van der Waals surface area contributed by atoms with Crippen LogP contribution in [0.2, 0.25) is 5.02 Å². The van der Waals surface area contributed by atoms with Crippen LogP contribution in [0, 0.1) is 12.7 Å². The number of halogens is 2. The Hall–Kier alpha value is -2.29. The quantitative estimate of drug-likeness (QED) is 0.601. The van der Waals surface area contributed by atoms with E-state index in [-0.39, 0.29) is 25.1 Å². The third-order valence-electron chi connectivity index (χ3n) is 4.69. The molecule has 1 aromatic heterocycles. The van der Waals surface area contributed by atoms with Crippen LogP contribution in [0.5, 0.6) is 5.75 Å². The summed E-state index contributed by atoms with van der Waals surface area (Å²) < 4.78 is 21.3. The molecule has 2 aromatic carbocycles. The first kappa shape index (κ1) is 20.0. The standard InChI is InChI=1S/C20H20ClFN4O2S/c1-12-7-15(21)18(28-6-5-27)9-16(12)23-20-25-24-19-11-29-10-17(26(19)20)13-3-2-4-14(22)8-13/h2-4,7-9,17,27H,5-6,10-11H2,1H3,(H,23,25)/t17-/m1/s1. The lowest BCUT2D eigenvalue weighted by Gasteiger charge is -2.26. The lowest BCUT2D eigenvalue weighted by molar-refractivity contribution is 0.201. The van der Waals surface area contributed by atoms with E-state index in [1.165, 1.54) is 6.07 Å². The minimum absolute atomic E-state index is 0.0744. The van der Waals surface area contributed by atoms with Crippen molar-refractivity contribution in [2.45, 2.75) is 18.7 Å². The van der Waals surface area contributed by atoms with Gasteiger partial charge in [0.1, 0.15) is 24.0 Å². The average molecular weight is 435 g/mol. The SMILES string of the molecule is Cc1cc(Cl)c(OCCO)cc1Nc1nnc2n1[C@@H](c1cccc(F)c1)CSC2. The minimum Gasteiger partial charge on any atom is -0.490 e. The van der Waals surface area contributed by atoms with E-state index in [9.17, 15) is 4.39 Å². The number of aromatic nitrogens is 3. The summed E-state index contributed by atoms with van der Waals surface area (Å²) in [5.41, 5.74) is 2.56. The molecule has 1 atom stereocenters. The maximum absolute atomic E-state index is 13.8. The van der Waals surface area contributed by atoms with Gasteiger partial charge in [-0.2, -0.15) is 11.8 Å². The van der Waals surface area contributed by atoms with E-state index in [2.05, 4.69) is 15.5 Å². The number of rotatable bonds is 6. The molecule has 9 heteroatoms. The van der Waals surface area contributed by atoms with Gasteiger partial charge in [-0.1, -0.05) is 23.7 Å². The molecule has 4 rings (SSSR count). The van der Waals surface area contributed by atoms with Crippen LogP contribution in [-0.4, -0.2) is 38.8 Å². The van der Waals surface area contributed by atoms with Crippen LogP contribution in [0.4, 0.5) is 16.0 Å². The Bertz CT molecular complexity index is 1030. The van der Waals surface area contributed by atoms with Crippen LogP contribution in [0.25, 0.3) is 0 Å². The van der Waals surface area contributed by atoms with Crippen LogP contribution < -0.4 is 10.1 Å². The summed E-state index contributed by atoms with van der Waals surface area (Å²) in [5, 5.41) is 21.4. The Morgan fingerprint density at radius 2 is 2.21 bits per heavy atom. The van der Waals surface area contributed by atoms with Gasteiger partial charge in [-0.05, 0) is 36.2 Å². The molecular formula is C20H20ClFN4O2S. The molecule has 6 nitrogen and oxygen atoms in total. The molecule has 0 bridgehead atoms. The van der Waals surface area contributed by atoms with Gasteiger partial charge in [0, 0.05) is 17.5 Å².